The molecule has 0 N–H and O–H groups in total. The standard InChI is InChI=1S/C10H13N2S2.HI/c1-6-7(2)14-10-8(6)9(13-4)11-5-12(10)3;/h5H,1-4H3;1H/q+1;/p-1. The van der Waals surface area contributed by atoms with Crippen molar-refractivity contribution in [3.05, 3.63) is 16.8 Å². The SMILES string of the molecule is CSc1nc[n+](C)c2sc(C)c(C)c12.[I-]. The van der Waals surface area contributed by atoms with Crippen molar-refractivity contribution >= 4 is 33.3 Å². The topological polar surface area (TPSA) is 16.8 Å². The average Bonchev–Trinajstić information content (AvgIpc) is 2.47. The van der Waals surface area contributed by atoms with Gasteiger partial charge in [0.25, 0.3) is 6.33 Å². The lowest BCUT2D eigenvalue weighted by Crippen LogP contribution is -3.00. The zero-order valence-corrected chi connectivity index (χ0v) is 13.0. The highest BCUT2D eigenvalue weighted by atomic mass is 127. The average molecular weight is 352 g/mol. The minimum Gasteiger partial charge on any atom is -1.00 e. The molecule has 2 heterocycles. The number of halogens is 1. The zero-order valence-electron chi connectivity index (χ0n) is 9.17. The summed E-state index contributed by atoms with van der Waals surface area (Å²) in [5, 5.41) is 2.46. The van der Waals surface area contributed by atoms with Gasteiger partial charge in [-0.15, -0.1) is 0 Å². The number of fused-ring (bicyclic) bond motifs is 1. The third-order valence-corrected chi connectivity index (χ3v) is 4.44. The van der Waals surface area contributed by atoms with Crippen molar-refractivity contribution < 1.29 is 28.5 Å². The van der Waals surface area contributed by atoms with E-state index in [2.05, 4.69) is 36.7 Å². The Bertz CT molecular complexity index is 494. The molecular formula is C10H13IN2S2. The van der Waals surface area contributed by atoms with Crippen LogP contribution in [0.4, 0.5) is 0 Å². The summed E-state index contributed by atoms with van der Waals surface area (Å²) in [5.74, 6) is 0. The van der Waals surface area contributed by atoms with Crippen LogP contribution in [0.1, 0.15) is 10.4 Å². The highest BCUT2D eigenvalue weighted by Gasteiger charge is 2.17. The molecule has 82 valence electrons. The van der Waals surface area contributed by atoms with Gasteiger partial charge in [0.15, 0.2) is 4.83 Å². The van der Waals surface area contributed by atoms with E-state index >= 15 is 0 Å². The summed E-state index contributed by atoms with van der Waals surface area (Å²) in [6.45, 7) is 4.35. The van der Waals surface area contributed by atoms with Gasteiger partial charge >= 0.3 is 0 Å². The second-order valence-corrected chi connectivity index (χ2v) is 5.33. The third kappa shape index (κ3) is 2.14. The van der Waals surface area contributed by atoms with Crippen LogP contribution in [0.2, 0.25) is 0 Å². The van der Waals surface area contributed by atoms with Gasteiger partial charge in [-0.1, -0.05) is 23.1 Å². The summed E-state index contributed by atoms with van der Waals surface area (Å²) in [6, 6.07) is 0. The first-order valence-electron chi connectivity index (χ1n) is 4.43. The summed E-state index contributed by atoms with van der Waals surface area (Å²) in [6.07, 6.45) is 3.97. The number of hydrogen-bond donors (Lipinski definition) is 0. The molecular weight excluding hydrogens is 339 g/mol. The first-order valence-corrected chi connectivity index (χ1v) is 6.47. The number of aryl methyl sites for hydroxylation is 3. The highest BCUT2D eigenvalue weighted by Crippen LogP contribution is 2.32. The molecule has 0 spiro atoms. The van der Waals surface area contributed by atoms with Gasteiger partial charge in [0.1, 0.15) is 0 Å². The zero-order chi connectivity index (χ0) is 10.3. The first kappa shape index (κ1) is 13.2. The van der Waals surface area contributed by atoms with E-state index in [1.54, 1.807) is 11.8 Å². The molecule has 0 radical (unpaired) electrons. The van der Waals surface area contributed by atoms with E-state index in [1.165, 1.54) is 20.7 Å². The van der Waals surface area contributed by atoms with Crippen LogP contribution < -0.4 is 28.5 Å². The summed E-state index contributed by atoms with van der Waals surface area (Å²) in [5.41, 5.74) is 1.37. The largest absolute Gasteiger partial charge is 1.00 e. The summed E-state index contributed by atoms with van der Waals surface area (Å²) >= 11 is 3.56. The third-order valence-electron chi connectivity index (χ3n) is 2.44. The van der Waals surface area contributed by atoms with Crippen LogP contribution in [0.25, 0.3) is 10.2 Å². The first-order chi connectivity index (χ1) is 6.65. The van der Waals surface area contributed by atoms with Crippen LogP contribution >= 0.6 is 23.1 Å². The van der Waals surface area contributed by atoms with E-state index in [9.17, 15) is 0 Å². The lowest BCUT2D eigenvalue weighted by Gasteiger charge is -1.95. The van der Waals surface area contributed by atoms with Gasteiger partial charge < -0.3 is 24.0 Å². The molecule has 0 aromatic carbocycles. The molecule has 0 amide bonds. The minimum atomic E-state index is 0. The second-order valence-electron chi connectivity index (χ2n) is 3.33. The number of nitrogens with zero attached hydrogens (tertiary/aromatic N) is 2. The second kappa shape index (κ2) is 4.97. The molecule has 2 aromatic rings. The summed E-state index contributed by atoms with van der Waals surface area (Å²) in [4.78, 5) is 7.14. The fraction of sp³-hybridized carbons (Fsp3) is 0.400. The Hall–Kier alpha value is 0.120. The van der Waals surface area contributed by atoms with Crippen molar-refractivity contribution in [1.29, 1.82) is 0 Å². The molecule has 2 rings (SSSR count). The van der Waals surface area contributed by atoms with Crippen molar-refractivity contribution in [2.45, 2.75) is 18.9 Å². The lowest BCUT2D eigenvalue weighted by atomic mass is 10.2. The fourth-order valence-corrected chi connectivity index (χ4v) is 3.28. The molecule has 2 nitrogen and oxygen atoms in total. The van der Waals surface area contributed by atoms with E-state index in [-0.39, 0.29) is 24.0 Å². The lowest BCUT2D eigenvalue weighted by molar-refractivity contribution is -0.646. The van der Waals surface area contributed by atoms with E-state index in [1.807, 2.05) is 17.7 Å². The molecule has 0 saturated carbocycles. The predicted molar refractivity (Wildman–Crippen MR) is 62.1 cm³/mol. The van der Waals surface area contributed by atoms with Crippen LogP contribution in [-0.2, 0) is 7.05 Å². The number of aromatic nitrogens is 2. The molecule has 0 bridgehead atoms. The molecule has 0 aliphatic carbocycles. The van der Waals surface area contributed by atoms with Crippen LogP contribution in [0, 0.1) is 13.8 Å². The van der Waals surface area contributed by atoms with E-state index in [4.69, 9.17) is 0 Å². The quantitative estimate of drug-likeness (QED) is 0.297. The van der Waals surface area contributed by atoms with Gasteiger partial charge in [0, 0.05) is 4.88 Å². The molecule has 0 unspecified atom stereocenters. The van der Waals surface area contributed by atoms with Crippen molar-refractivity contribution in [3.8, 4) is 0 Å². The monoisotopic (exact) mass is 352 g/mol. The molecule has 0 fully saturated rings. The Morgan fingerprint density at radius 3 is 2.67 bits per heavy atom. The normalized spacial score (nSPS) is 10.4. The van der Waals surface area contributed by atoms with Crippen LogP contribution in [0.5, 0.6) is 0 Å². The summed E-state index contributed by atoms with van der Waals surface area (Å²) in [7, 11) is 2.05. The van der Waals surface area contributed by atoms with Crippen LogP contribution in [0.15, 0.2) is 11.4 Å². The van der Waals surface area contributed by atoms with E-state index < -0.39 is 0 Å². The maximum atomic E-state index is 4.43. The Kier molecular flexibility index (Phi) is 4.37. The molecule has 0 atom stereocenters. The molecule has 0 saturated heterocycles. The fourth-order valence-electron chi connectivity index (χ4n) is 1.52. The Morgan fingerprint density at radius 2 is 2.07 bits per heavy atom. The van der Waals surface area contributed by atoms with Gasteiger partial charge in [0.05, 0.1) is 12.4 Å². The molecule has 0 aliphatic heterocycles. The Morgan fingerprint density at radius 1 is 1.40 bits per heavy atom. The molecule has 2 aromatic heterocycles. The van der Waals surface area contributed by atoms with Crippen molar-refractivity contribution in [2.75, 3.05) is 6.26 Å². The van der Waals surface area contributed by atoms with Gasteiger partial charge in [-0.2, -0.15) is 0 Å². The summed E-state index contributed by atoms with van der Waals surface area (Å²) < 4.78 is 2.10. The van der Waals surface area contributed by atoms with E-state index in [0.29, 0.717) is 0 Å². The maximum Gasteiger partial charge on any atom is 0.288 e. The van der Waals surface area contributed by atoms with Gasteiger partial charge in [0.2, 0.25) is 5.03 Å². The smallest absolute Gasteiger partial charge is 0.288 e. The molecule has 5 heteroatoms. The maximum absolute atomic E-state index is 4.43. The minimum absolute atomic E-state index is 0. The van der Waals surface area contributed by atoms with Crippen molar-refractivity contribution in [3.63, 3.8) is 0 Å². The van der Waals surface area contributed by atoms with Crippen molar-refractivity contribution in [1.82, 2.24) is 4.98 Å². The van der Waals surface area contributed by atoms with Gasteiger partial charge in [-0.3, -0.25) is 0 Å². The molecule has 0 aliphatic rings. The Labute approximate surface area is 115 Å². The van der Waals surface area contributed by atoms with E-state index in [0.717, 1.165) is 5.03 Å². The highest BCUT2D eigenvalue weighted by molar-refractivity contribution is 7.98. The molecule has 15 heavy (non-hydrogen) atoms. The number of thioether (sulfide) groups is 1. The van der Waals surface area contributed by atoms with Gasteiger partial charge in [-0.25, -0.2) is 4.57 Å². The van der Waals surface area contributed by atoms with Crippen LogP contribution in [-0.4, -0.2) is 11.2 Å². The number of hydrogen-bond acceptors (Lipinski definition) is 3. The van der Waals surface area contributed by atoms with Crippen molar-refractivity contribution in [2.24, 2.45) is 7.05 Å². The van der Waals surface area contributed by atoms with Crippen LogP contribution in [0.3, 0.4) is 0 Å². The number of rotatable bonds is 1. The predicted octanol–water partition coefficient (Wildman–Crippen LogP) is -0.536. The number of thiophene rings is 1. The Balaban J connectivity index is 0.00000112. The van der Waals surface area contributed by atoms with Gasteiger partial charge in [-0.05, 0) is 30.7 Å².